The molecule has 0 amide bonds. The lowest BCUT2D eigenvalue weighted by molar-refractivity contribution is 0.671. The Bertz CT molecular complexity index is 4130. The summed E-state index contributed by atoms with van der Waals surface area (Å²) in [6.07, 6.45) is 0. The molecule has 5 aromatic heterocycles. The van der Waals surface area contributed by atoms with Crippen LogP contribution in [-0.4, -0.2) is 36.6 Å². The van der Waals surface area contributed by atoms with Crippen molar-refractivity contribution in [2.45, 2.75) is 0 Å². The molecule has 14 rings (SSSR count). The second-order valence-electron chi connectivity index (χ2n) is 17.2. The first-order chi connectivity index (χ1) is 33.2. The van der Waals surface area contributed by atoms with Gasteiger partial charge in [-0.2, -0.15) is 0 Å². The second-order valence-corrected chi connectivity index (χ2v) is 20.9. The molecule has 314 valence electrons. The van der Waals surface area contributed by atoms with Crippen molar-refractivity contribution in [3.63, 3.8) is 0 Å². The highest BCUT2D eigenvalue weighted by atomic mass is 28.3. The molecule has 0 saturated heterocycles. The zero-order valence-electron chi connectivity index (χ0n) is 36.0. The maximum atomic E-state index is 6.89. The van der Waals surface area contributed by atoms with Gasteiger partial charge in [-0.15, -0.1) is 0 Å². The Labute approximate surface area is 385 Å². The van der Waals surface area contributed by atoms with Crippen LogP contribution in [0.25, 0.3) is 94.6 Å². The first-order valence-corrected chi connectivity index (χ1v) is 24.6. The van der Waals surface area contributed by atoms with Gasteiger partial charge in [-0.1, -0.05) is 182 Å². The largest absolute Gasteiger partial charge is 0.456 e. The topological polar surface area (TPSA) is 66.1 Å². The van der Waals surface area contributed by atoms with Crippen molar-refractivity contribution in [2.75, 3.05) is 0 Å². The summed E-state index contributed by atoms with van der Waals surface area (Å²) in [5, 5.41) is 9.53. The van der Waals surface area contributed by atoms with E-state index in [4.69, 9.17) is 19.4 Å². The normalized spacial score (nSPS) is 12.2. The van der Waals surface area contributed by atoms with Gasteiger partial charge in [-0.25, -0.2) is 15.0 Å². The molecule has 0 aliphatic rings. The van der Waals surface area contributed by atoms with E-state index in [-0.39, 0.29) is 0 Å². The number of furan rings is 1. The third kappa shape index (κ3) is 5.48. The van der Waals surface area contributed by atoms with Crippen LogP contribution in [-0.2, 0) is 0 Å². The molecule has 0 bridgehead atoms. The van der Waals surface area contributed by atoms with Gasteiger partial charge in [-0.05, 0) is 63.2 Å². The molecule has 9 aromatic carbocycles. The third-order valence-electron chi connectivity index (χ3n) is 13.6. The highest BCUT2D eigenvalue weighted by Gasteiger charge is 2.43. The van der Waals surface area contributed by atoms with Gasteiger partial charge in [0.05, 0.1) is 33.1 Å². The number of nitrogens with zero attached hydrogens (tertiary/aromatic N) is 6. The Balaban J connectivity index is 1.04. The van der Waals surface area contributed by atoms with Crippen LogP contribution in [0.3, 0.4) is 0 Å². The quantitative estimate of drug-likeness (QED) is 0.118. The van der Waals surface area contributed by atoms with Crippen LogP contribution in [0.2, 0.25) is 0 Å². The molecule has 0 fully saturated rings. The maximum absolute atomic E-state index is 6.89. The van der Waals surface area contributed by atoms with Gasteiger partial charge in [0.2, 0.25) is 5.78 Å². The van der Waals surface area contributed by atoms with Crippen LogP contribution in [0.4, 0.5) is 0 Å². The fourth-order valence-electron chi connectivity index (χ4n) is 10.8. The molecule has 67 heavy (non-hydrogen) atoms. The average Bonchev–Trinajstić information content (AvgIpc) is 4.15. The summed E-state index contributed by atoms with van der Waals surface area (Å²) in [5.74, 6) is 2.89. The number of imidazole rings is 2. The molecule has 0 atom stereocenters. The van der Waals surface area contributed by atoms with Gasteiger partial charge in [0.15, 0.2) is 13.9 Å². The molecule has 0 saturated carbocycles. The van der Waals surface area contributed by atoms with Crippen molar-refractivity contribution >= 4 is 100 Å². The van der Waals surface area contributed by atoms with Crippen LogP contribution in [0.15, 0.2) is 235 Å². The number of rotatable bonds is 7. The van der Waals surface area contributed by atoms with Crippen molar-refractivity contribution in [3.8, 4) is 23.0 Å². The lowest BCUT2D eigenvalue weighted by Gasteiger charge is -2.34. The van der Waals surface area contributed by atoms with Gasteiger partial charge in [-0.3, -0.25) is 13.5 Å². The van der Waals surface area contributed by atoms with E-state index >= 15 is 0 Å². The van der Waals surface area contributed by atoms with Crippen LogP contribution >= 0.6 is 0 Å². The molecule has 0 N–H and O–H groups in total. The van der Waals surface area contributed by atoms with Gasteiger partial charge in [0, 0.05) is 33.2 Å². The Hall–Kier alpha value is -8.85. The number of fused-ring (bicyclic) bond motifs is 11. The van der Waals surface area contributed by atoms with Crippen LogP contribution < -0.4 is 20.7 Å². The minimum atomic E-state index is -3.05. The first-order valence-electron chi connectivity index (χ1n) is 22.6. The molecular formula is C59H38N6OSi. The Morgan fingerprint density at radius 3 is 1.58 bits per heavy atom. The van der Waals surface area contributed by atoms with Crippen molar-refractivity contribution in [1.29, 1.82) is 0 Å². The van der Waals surface area contributed by atoms with Gasteiger partial charge in [0.1, 0.15) is 22.8 Å². The molecule has 14 aromatic rings. The Morgan fingerprint density at radius 2 is 0.896 bits per heavy atom. The second kappa shape index (κ2) is 14.6. The Kier molecular flexibility index (Phi) is 8.17. The highest BCUT2D eigenvalue weighted by molar-refractivity contribution is 7.20. The summed E-state index contributed by atoms with van der Waals surface area (Å²) < 4.78 is 13.6. The highest BCUT2D eigenvalue weighted by Crippen LogP contribution is 2.35. The molecule has 0 spiro atoms. The molecule has 0 radical (unpaired) electrons. The molecular weight excluding hydrogens is 837 g/mol. The van der Waals surface area contributed by atoms with Crippen LogP contribution in [0.1, 0.15) is 0 Å². The van der Waals surface area contributed by atoms with Crippen molar-refractivity contribution in [2.24, 2.45) is 0 Å². The van der Waals surface area contributed by atoms with Crippen molar-refractivity contribution in [3.05, 3.63) is 231 Å². The van der Waals surface area contributed by atoms with E-state index in [2.05, 4.69) is 232 Å². The summed E-state index contributed by atoms with van der Waals surface area (Å²) in [7, 11) is -3.05. The van der Waals surface area contributed by atoms with E-state index in [1.807, 2.05) is 12.1 Å². The molecule has 7 nitrogen and oxygen atoms in total. The molecule has 0 unspecified atom stereocenters. The summed E-state index contributed by atoms with van der Waals surface area (Å²) in [4.78, 5) is 16.2. The van der Waals surface area contributed by atoms with E-state index < -0.39 is 8.07 Å². The number of hydrogen-bond donors (Lipinski definition) is 0. The van der Waals surface area contributed by atoms with Gasteiger partial charge < -0.3 is 4.42 Å². The standard InChI is InChI=1S/C59H38N6OSi/c1-3-18-40(19-4-1)67(41-20-5-2-6-21-41,54-33-17-25-46-45-24-9-16-32-53(45)66-57(46)54)42-36-34-39(35-37-42)58-61-55(63-48-27-11-7-22-43(48)44-23-8-12-28-49(44)63)38-56(62-58)65-52-31-15-14-30-51(52)64-50-29-13-10-26-47(50)60-59(64)65/h1-38H. The van der Waals surface area contributed by atoms with E-state index in [9.17, 15) is 0 Å². The third-order valence-corrected chi connectivity index (χ3v) is 18.4. The molecule has 5 heterocycles. The predicted octanol–water partition coefficient (Wildman–Crippen LogP) is 11.3. The summed E-state index contributed by atoms with van der Waals surface area (Å²) in [6.45, 7) is 0. The van der Waals surface area contributed by atoms with E-state index in [0.29, 0.717) is 5.82 Å². The minimum Gasteiger partial charge on any atom is -0.456 e. The number of benzene rings is 9. The zero-order chi connectivity index (χ0) is 44.1. The zero-order valence-corrected chi connectivity index (χ0v) is 37.0. The predicted molar refractivity (Wildman–Crippen MR) is 276 cm³/mol. The fourth-order valence-corrected chi connectivity index (χ4v) is 15.6. The number of para-hydroxylation sites is 8. The van der Waals surface area contributed by atoms with Gasteiger partial charge >= 0.3 is 0 Å². The molecule has 8 heteroatoms. The summed E-state index contributed by atoms with van der Waals surface area (Å²) in [5.41, 5.74) is 8.89. The lowest BCUT2D eigenvalue weighted by atomic mass is 10.1. The Morgan fingerprint density at radius 1 is 0.373 bits per heavy atom. The average molecular weight is 875 g/mol. The molecule has 0 aliphatic heterocycles. The first kappa shape index (κ1) is 37.5. The number of aromatic nitrogens is 6. The molecule has 0 aliphatic carbocycles. The SMILES string of the molecule is c1ccc([Si](c2ccccc2)(c2ccc(-c3nc(-n4c5ccccc5c5ccccc54)cc(-n4c5ccccc5n5c6ccccc6nc45)n3)cc2)c2cccc3c2oc2ccccc23)cc1. The van der Waals surface area contributed by atoms with Crippen LogP contribution in [0, 0.1) is 0 Å². The number of hydrogen-bond acceptors (Lipinski definition) is 4. The van der Waals surface area contributed by atoms with Crippen molar-refractivity contribution in [1.82, 2.24) is 28.5 Å². The van der Waals surface area contributed by atoms with E-state index in [1.165, 1.54) is 31.5 Å². The smallest absolute Gasteiger partial charge is 0.221 e. The minimum absolute atomic E-state index is 0.610. The fraction of sp³-hybridized carbons (Fsp3) is 0. The van der Waals surface area contributed by atoms with E-state index in [1.54, 1.807) is 0 Å². The van der Waals surface area contributed by atoms with Crippen molar-refractivity contribution < 1.29 is 4.42 Å². The monoisotopic (exact) mass is 874 g/mol. The summed E-state index contributed by atoms with van der Waals surface area (Å²) in [6, 6.07) is 82.1. The lowest BCUT2D eigenvalue weighted by Crippen LogP contribution is -2.74. The van der Waals surface area contributed by atoms with E-state index in [0.717, 1.165) is 78.0 Å². The maximum Gasteiger partial charge on any atom is 0.221 e. The van der Waals surface area contributed by atoms with Gasteiger partial charge in [0.25, 0.3) is 0 Å². The van der Waals surface area contributed by atoms with Crippen LogP contribution in [0.5, 0.6) is 0 Å². The summed E-state index contributed by atoms with van der Waals surface area (Å²) >= 11 is 0.